The summed E-state index contributed by atoms with van der Waals surface area (Å²) < 4.78 is 23.8. The number of carbonyl (C=O) groups excluding carboxylic acids is 1. The summed E-state index contributed by atoms with van der Waals surface area (Å²) in [6.45, 7) is 1.72. The number of amides is 1. The Balaban J connectivity index is 1.45. The average molecular weight is 379 g/mol. The van der Waals surface area contributed by atoms with Crippen LogP contribution in [0.5, 0.6) is 0 Å². The Morgan fingerprint density at radius 3 is 2.71 bits per heavy atom. The number of benzene rings is 2. The summed E-state index contributed by atoms with van der Waals surface area (Å²) in [7, 11) is 0. The molecule has 0 unspecified atom stereocenters. The van der Waals surface area contributed by atoms with Crippen LogP contribution in [-0.4, -0.2) is 26.2 Å². The highest BCUT2D eigenvalue weighted by Crippen LogP contribution is 2.20. The summed E-state index contributed by atoms with van der Waals surface area (Å²) in [6.07, 6.45) is 0. The first-order chi connectivity index (χ1) is 13.6. The maximum Gasteiger partial charge on any atom is 0.260 e. The minimum absolute atomic E-state index is 0.0301. The number of halogens is 1. The van der Waals surface area contributed by atoms with Gasteiger partial charge >= 0.3 is 0 Å². The second kappa shape index (κ2) is 7.39. The number of hydrogen-bond acceptors (Lipinski definition) is 7. The maximum absolute atomic E-state index is 13.8. The number of rotatable bonds is 5. The number of aromatic nitrogens is 4. The van der Waals surface area contributed by atoms with Crippen LogP contribution >= 0.6 is 0 Å². The highest BCUT2D eigenvalue weighted by atomic mass is 19.1. The molecular weight excluding hydrogens is 365 g/mol. The Hall–Kier alpha value is -3.88. The maximum atomic E-state index is 13.8. The Bertz CT molecular complexity index is 1140. The van der Waals surface area contributed by atoms with Crippen LogP contribution < -0.4 is 5.32 Å². The minimum atomic E-state index is -0.463. The molecule has 0 aliphatic heterocycles. The highest BCUT2D eigenvalue weighted by Gasteiger charge is 2.14. The molecule has 1 N–H and O–H groups in total. The van der Waals surface area contributed by atoms with Crippen molar-refractivity contribution in [3.63, 3.8) is 0 Å². The van der Waals surface area contributed by atoms with E-state index in [4.69, 9.17) is 9.05 Å². The van der Waals surface area contributed by atoms with Gasteiger partial charge in [-0.2, -0.15) is 9.97 Å². The molecule has 0 atom stereocenters. The van der Waals surface area contributed by atoms with Crippen molar-refractivity contribution in [3.05, 3.63) is 71.6 Å². The Kier molecular flexibility index (Phi) is 4.63. The van der Waals surface area contributed by atoms with Gasteiger partial charge in [0.2, 0.25) is 11.7 Å². The van der Waals surface area contributed by atoms with Gasteiger partial charge < -0.3 is 14.4 Å². The highest BCUT2D eigenvalue weighted by molar-refractivity contribution is 5.95. The van der Waals surface area contributed by atoms with Crippen molar-refractivity contribution in [1.29, 1.82) is 0 Å². The third kappa shape index (κ3) is 3.63. The number of hydrogen-bond donors (Lipinski definition) is 1. The largest absolute Gasteiger partial charge is 0.345 e. The Morgan fingerprint density at radius 2 is 1.93 bits per heavy atom. The van der Waals surface area contributed by atoms with Gasteiger partial charge in [-0.1, -0.05) is 34.6 Å². The van der Waals surface area contributed by atoms with E-state index in [-0.39, 0.29) is 29.7 Å². The van der Waals surface area contributed by atoms with Gasteiger partial charge in [-0.3, -0.25) is 4.79 Å². The molecule has 0 bridgehead atoms. The van der Waals surface area contributed by atoms with Crippen LogP contribution in [0.4, 0.5) is 4.39 Å². The number of nitrogens with one attached hydrogen (secondary N) is 1. The van der Waals surface area contributed by atoms with E-state index in [0.717, 1.165) is 0 Å². The van der Waals surface area contributed by atoms with E-state index < -0.39 is 5.82 Å². The SMILES string of the molecule is Cc1nc(-c2cccc(C(=O)NCc3noc(-c4ccccc4F)n3)c2)no1. The molecule has 0 spiro atoms. The van der Waals surface area contributed by atoms with Crippen molar-refractivity contribution >= 4 is 5.91 Å². The lowest BCUT2D eigenvalue weighted by molar-refractivity contribution is 0.0949. The molecule has 0 fully saturated rings. The molecule has 1 amide bonds. The summed E-state index contributed by atoms with van der Waals surface area (Å²) in [4.78, 5) is 20.7. The first-order valence-corrected chi connectivity index (χ1v) is 8.36. The van der Waals surface area contributed by atoms with Crippen LogP contribution in [-0.2, 0) is 6.54 Å². The van der Waals surface area contributed by atoms with E-state index in [1.54, 1.807) is 43.3 Å². The fraction of sp³-hybridized carbons (Fsp3) is 0.105. The summed E-state index contributed by atoms with van der Waals surface area (Å²) in [5.74, 6) is 0.329. The summed E-state index contributed by atoms with van der Waals surface area (Å²) in [5, 5.41) is 10.3. The fourth-order valence-corrected chi connectivity index (χ4v) is 2.55. The minimum Gasteiger partial charge on any atom is -0.345 e. The summed E-state index contributed by atoms with van der Waals surface area (Å²) in [5.41, 5.74) is 1.28. The van der Waals surface area contributed by atoms with E-state index in [9.17, 15) is 9.18 Å². The molecule has 8 nitrogen and oxygen atoms in total. The van der Waals surface area contributed by atoms with E-state index in [1.807, 2.05) is 0 Å². The zero-order valence-electron chi connectivity index (χ0n) is 14.7. The lowest BCUT2D eigenvalue weighted by Gasteiger charge is -2.03. The molecular formula is C19H14FN5O3. The third-order valence-corrected chi connectivity index (χ3v) is 3.89. The van der Waals surface area contributed by atoms with Crippen molar-refractivity contribution in [2.24, 2.45) is 0 Å². The molecule has 0 radical (unpaired) electrons. The second-order valence-corrected chi connectivity index (χ2v) is 5.90. The molecule has 0 aliphatic rings. The molecule has 4 rings (SSSR count). The molecule has 9 heteroatoms. The van der Waals surface area contributed by atoms with Crippen LogP contribution in [0.1, 0.15) is 22.1 Å². The standard InChI is InChI=1S/C19H14FN5O3/c1-11-22-17(25-27-11)12-5-4-6-13(9-12)18(26)21-10-16-23-19(28-24-16)14-7-2-3-8-15(14)20/h2-9H,10H2,1H3,(H,21,26). The van der Waals surface area contributed by atoms with Crippen molar-refractivity contribution < 1.29 is 18.2 Å². The molecule has 0 aliphatic carbocycles. The second-order valence-electron chi connectivity index (χ2n) is 5.90. The molecule has 2 aromatic carbocycles. The van der Waals surface area contributed by atoms with Crippen LogP contribution in [0.2, 0.25) is 0 Å². The quantitative estimate of drug-likeness (QED) is 0.567. The van der Waals surface area contributed by atoms with Crippen LogP contribution in [0.3, 0.4) is 0 Å². The van der Waals surface area contributed by atoms with Crippen LogP contribution in [0.15, 0.2) is 57.6 Å². The van der Waals surface area contributed by atoms with Gasteiger partial charge in [-0.05, 0) is 24.3 Å². The first-order valence-electron chi connectivity index (χ1n) is 8.36. The van der Waals surface area contributed by atoms with Crippen LogP contribution in [0, 0.1) is 12.7 Å². The molecule has 28 heavy (non-hydrogen) atoms. The first kappa shape index (κ1) is 17.5. The van der Waals surface area contributed by atoms with E-state index >= 15 is 0 Å². The Labute approximate surface area is 158 Å². The summed E-state index contributed by atoms with van der Waals surface area (Å²) in [6, 6.07) is 12.9. The number of carbonyl (C=O) groups is 1. The summed E-state index contributed by atoms with van der Waals surface area (Å²) >= 11 is 0. The zero-order chi connectivity index (χ0) is 19.5. The molecule has 0 saturated carbocycles. The van der Waals surface area contributed by atoms with Crippen molar-refractivity contribution in [3.8, 4) is 22.8 Å². The predicted octanol–water partition coefficient (Wildman–Crippen LogP) is 3.16. The molecule has 2 aromatic heterocycles. The fourth-order valence-electron chi connectivity index (χ4n) is 2.55. The van der Waals surface area contributed by atoms with Crippen molar-refractivity contribution in [1.82, 2.24) is 25.6 Å². The molecule has 4 aromatic rings. The van der Waals surface area contributed by atoms with E-state index in [2.05, 4.69) is 25.6 Å². The lowest BCUT2D eigenvalue weighted by Crippen LogP contribution is -2.23. The average Bonchev–Trinajstić information content (AvgIpc) is 3.36. The zero-order valence-corrected chi connectivity index (χ0v) is 14.7. The molecule has 0 saturated heterocycles. The topological polar surface area (TPSA) is 107 Å². The number of aryl methyl sites for hydroxylation is 1. The predicted molar refractivity (Wildman–Crippen MR) is 95.3 cm³/mol. The van der Waals surface area contributed by atoms with Gasteiger partial charge in [-0.25, -0.2) is 4.39 Å². The van der Waals surface area contributed by atoms with Gasteiger partial charge in [0, 0.05) is 18.1 Å². The molecule has 140 valence electrons. The third-order valence-electron chi connectivity index (χ3n) is 3.89. The smallest absolute Gasteiger partial charge is 0.260 e. The van der Waals surface area contributed by atoms with Gasteiger partial charge in [0.25, 0.3) is 11.8 Å². The monoisotopic (exact) mass is 379 g/mol. The van der Waals surface area contributed by atoms with E-state index in [0.29, 0.717) is 22.8 Å². The normalized spacial score (nSPS) is 10.8. The van der Waals surface area contributed by atoms with E-state index in [1.165, 1.54) is 12.1 Å². The van der Waals surface area contributed by atoms with Gasteiger partial charge in [0.1, 0.15) is 5.82 Å². The van der Waals surface area contributed by atoms with Crippen molar-refractivity contribution in [2.75, 3.05) is 0 Å². The van der Waals surface area contributed by atoms with Gasteiger partial charge in [0.05, 0.1) is 12.1 Å². The van der Waals surface area contributed by atoms with Gasteiger partial charge in [0.15, 0.2) is 5.82 Å². The lowest BCUT2D eigenvalue weighted by atomic mass is 10.1. The van der Waals surface area contributed by atoms with Gasteiger partial charge in [-0.15, -0.1) is 0 Å². The number of nitrogens with zero attached hydrogens (tertiary/aromatic N) is 4. The van der Waals surface area contributed by atoms with Crippen LogP contribution in [0.25, 0.3) is 22.8 Å². The van der Waals surface area contributed by atoms with Crippen molar-refractivity contribution in [2.45, 2.75) is 13.5 Å². The Morgan fingerprint density at radius 1 is 1.07 bits per heavy atom. The molecule has 2 heterocycles.